The van der Waals surface area contributed by atoms with E-state index in [-0.39, 0.29) is 6.61 Å². The maximum absolute atomic E-state index is 12.4. The van der Waals surface area contributed by atoms with Gasteiger partial charge in [0.1, 0.15) is 6.10 Å². The number of carbonyl (C=O) groups is 1. The van der Waals surface area contributed by atoms with Crippen molar-refractivity contribution in [2.24, 2.45) is 0 Å². The molecule has 3 atom stereocenters. The van der Waals surface area contributed by atoms with Crippen molar-refractivity contribution in [1.29, 1.82) is 0 Å². The van der Waals surface area contributed by atoms with Crippen LogP contribution >= 0.6 is 0 Å². The summed E-state index contributed by atoms with van der Waals surface area (Å²) in [6.07, 6.45) is 42.6. The number of allylic oxidation sites excluding steroid dienone is 7. The van der Waals surface area contributed by atoms with E-state index in [0.717, 1.165) is 51.4 Å². The summed E-state index contributed by atoms with van der Waals surface area (Å²) in [6.45, 7) is 4.11. The molecule has 44 heavy (non-hydrogen) atoms. The lowest BCUT2D eigenvalue weighted by molar-refractivity contribution is -0.131. The van der Waals surface area contributed by atoms with Crippen LogP contribution in [0.1, 0.15) is 168 Å². The first-order chi connectivity index (χ1) is 21.6. The number of hydrogen-bond donors (Lipinski definition) is 4. The Morgan fingerprint density at radius 2 is 1.00 bits per heavy atom. The SMILES string of the molecule is CCCCC/C=C\C/C=C\CCCCCCCCC(O)C(=O)NC(CO)C(O)/C=C/CC/C=C/CCCCCCCCCC. The molecule has 0 bridgehead atoms. The Bertz CT molecular complexity index is 730. The fourth-order valence-corrected chi connectivity index (χ4v) is 5.17. The molecule has 0 aromatic carbocycles. The van der Waals surface area contributed by atoms with E-state index in [1.54, 1.807) is 6.08 Å². The van der Waals surface area contributed by atoms with Crippen LogP contribution in [0.2, 0.25) is 0 Å². The largest absolute Gasteiger partial charge is 0.394 e. The average molecular weight is 618 g/mol. The molecule has 0 aliphatic carbocycles. The minimum Gasteiger partial charge on any atom is -0.394 e. The molecule has 0 aromatic rings. The van der Waals surface area contributed by atoms with Crippen molar-refractivity contribution in [3.05, 3.63) is 48.6 Å². The van der Waals surface area contributed by atoms with Gasteiger partial charge in [-0.2, -0.15) is 0 Å². The molecule has 3 unspecified atom stereocenters. The number of nitrogens with one attached hydrogen (secondary N) is 1. The first-order valence-electron chi connectivity index (χ1n) is 18.5. The second-order valence-corrected chi connectivity index (χ2v) is 12.4. The lowest BCUT2D eigenvalue weighted by Gasteiger charge is -2.21. The third kappa shape index (κ3) is 29.0. The number of aliphatic hydroxyl groups is 3. The predicted molar refractivity (Wildman–Crippen MR) is 190 cm³/mol. The van der Waals surface area contributed by atoms with Crippen LogP contribution in [0.25, 0.3) is 0 Å². The molecule has 0 radical (unpaired) electrons. The summed E-state index contributed by atoms with van der Waals surface area (Å²) in [6, 6.07) is -0.818. The van der Waals surface area contributed by atoms with Crippen LogP contribution in [-0.2, 0) is 4.79 Å². The highest BCUT2D eigenvalue weighted by Gasteiger charge is 2.22. The summed E-state index contributed by atoms with van der Waals surface area (Å²) in [4.78, 5) is 12.4. The fraction of sp³-hybridized carbons (Fsp3) is 0.769. The molecule has 0 aromatic heterocycles. The molecule has 0 rings (SSSR count). The summed E-state index contributed by atoms with van der Waals surface area (Å²) >= 11 is 0. The highest BCUT2D eigenvalue weighted by atomic mass is 16.3. The standard InChI is InChI=1S/C39H71NO4/c1-3-5-7-9-11-13-15-17-19-20-22-24-26-28-30-32-34-38(43)39(44)40-36(35-41)37(42)33-31-29-27-25-23-21-18-16-14-12-10-8-6-4-2/h11,13,17,19,23,25,31,33,36-38,41-43H,3-10,12,14-16,18,20-22,24,26-30,32,34-35H2,1-2H3,(H,40,44)/b13-11-,19-17-,25-23+,33-31+. The Kier molecular flexibility index (Phi) is 32.9. The molecule has 5 nitrogen and oxygen atoms in total. The van der Waals surface area contributed by atoms with Gasteiger partial charge in [0.05, 0.1) is 18.8 Å². The number of amides is 1. The maximum Gasteiger partial charge on any atom is 0.249 e. The van der Waals surface area contributed by atoms with Crippen molar-refractivity contribution >= 4 is 5.91 Å². The monoisotopic (exact) mass is 618 g/mol. The Morgan fingerprint density at radius 3 is 1.57 bits per heavy atom. The normalized spacial score (nSPS) is 14.4. The third-order valence-electron chi connectivity index (χ3n) is 8.14. The number of carbonyl (C=O) groups excluding carboxylic acids is 1. The molecule has 0 heterocycles. The van der Waals surface area contributed by atoms with Gasteiger partial charge in [0.2, 0.25) is 5.91 Å². The van der Waals surface area contributed by atoms with Crippen molar-refractivity contribution in [2.45, 2.75) is 186 Å². The number of rotatable bonds is 32. The van der Waals surface area contributed by atoms with Crippen molar-refractivity contribution in [1.82, 2.24) is 5.32 Å². The molecular formula is C39H71NO4. The van der Waals surface area contributed by atoms with Crippen LogP contribution in [0.4, 0.5) is 0 Å². The highest BCUT2D eigenvalue weighted by Crippen LogP contribution is 2.12. The smallest absolute Gasteiger partial charge is 0.249 e. The highest BCUT2D eigenvalue weighted by molar-refractivity contribution is 5.80. The molecule has 5 heteroatoms. The Labute approximate surface area is 272 Å². The molecule has 0 spiro atoms. The van der Waals surface area contributed by atoms with Crippen LogP contribution in [0.15, 0.2) is 48.6 Å². The van der Waals surface area contributed by atoms with Crippen LogP contribution < -0.4 is 5.32 Å². The molecule has 0 saturated carbocycles. The fourth-order valence-electron chi connectivity index (χ4n) is 5.17. The van der Waals surface area contributed by atoms with E-state index in [1.807, 2.05) is 6.08 Å². The van der Waals surface area contributed by atoms with Crippen LogP contribution in [0, 0.1) is 0 Å². The van der Waals surface area contributed by atoms with Gasteiger partial charge >= 0.3 is 0 Å². The van der Waals surface area contributed by atoms with Crippen LogP contribution in [0.5, 0.6) is 0 Å². The van der Waals surface area contributed by atoms with Gasteiger partial charge in [0.25, 0.3) is 0 Å². The first-order valence-corrected chi connectivity index (χ1v) is 18.5. The van der Waals surface area contributed by atoms with E-state index in [2.05, 4.69) is 55.6 Å². The predicted octanol–water partition coefficient (Wildman–Crippen LogP) is 9.81. The molecule has 4 N–H and O–H groups in total. The van der Waals surface area contributed by atoms with Crippen molar-refractivity contribution in [2.75, 3.05) is 6.61 Å². The Hall–Kier alpha value is -1.69. The van der Waals surface area contributed by atoms with Gasteiger partial charge in [-0.15, -0.1) is 0 Å². The van der Waals surface area contributed by atoms with E-state index in [4.69, 9.17) is 0 Å². The van der Waals surface area contributed by atoms with Crippen LogP contribution in [0.3, 0.4) is 0 Å². The minimum absolute atomic E-state index is 0.382. The zero-order valence-electron chi connectivity index (χ0n) is 28.8. The molecule has 0 fully saturated rings. The third-order valence-corrected chi connectivity index (χ3v) is 8.14. The van der Waals surface area contributed by atoms with Crippen LogP contribution in [-0.4, -0.2) is 46.1 Å². The first kappa shape index (κ1) is 42.3. The summed E-state index contributed by atoms with van der Waals surface area (Å²) in [5.41, 5.74) is 0. The summed E-state index contributed by atoms with van der Waals surface area (Å²) in [5, 5.41) is 32.9. The van der Waals surface area contributed by atoms with E-state index in [9.17, 15) is 20.1 Å². The van der Waals surface area contributed by atoms with Gasteiger partial charge in [-0.3, -0.25) is 4.79 Å². The van der Waals surface area contributed by atoms with E-state index in [1.165, 1.54) is 96.3 Å². The average Bonchev–Trinajstić information content (AvgIpc) is 3.03. The Balaban J connectivity index is 3.83. The van der Waals surface area contributed by atoms with Crippen molar-refractivity contribution in [3.8, 4) is 0 Å². The van der Waals surface area contributed by atoms with Gasteiger partial charge < -0.3 is 20.6 Å². The van der Waals surface area contributed by atoms with E-state index < -0.39 is 24.2 Å². The molecule has 256 valence electrons. The minimum atomic E-state index is -1.11. The Morgan fingerprint density at radius 1 is 0.568 bits per heavy atom. The lowest BCUT2D eigenvalue weighted by atomic mass is 10.0. The molecule has 0 saturated heterocycles. The van der Waals surface area contributed by atoms with E-state index >= 15 is 0 Å². The van der Waals surface area contributed by atoms with Gasteiger partial charge in [-0.1, -0.05) is 152 Å². The molecule has 1 amide bonds. The lowest BCUT2D eigenvalue weighted by Crippen LogP contribution is -2.48. The second-order valence-electron chi connectivity index (χ2n) is 12.4. The van der Waals surface area contributed by atoms with Gasteiger partial charge in [0.15, 0.2) is 0 Å². The van der Waals surface area contributed by atoms with Gasteiger partial charge in [-0.05, 0) is 64.2 Å². The zero-order chi connectivity index (χ0) is 32.4. The van der Waals surface area contributed by atoms with E-state index in [0.29, 0.717) is 6.42 Å². The second kappa shape index (κ2) is 34.2. The zero-order valence-corrected chi connectivity index (χ0v) is 28.8. The summed E-state index contributed by atoms with van der Waals surface area (Å²) in [7, 11) is 0. The maximum atomic E-state index is 12.4. The summed E-state index contributed by atoms with van der Waals surface area (Å²) < 4.78 is 0. The molecule has 0 aliphatic heterocycles. The van der Waals surface area contributed by atoms with Gasteiger partial charge in [0, 0.05) is 0 Å². The van der Waals surface area contributed by atoms with Gasteiger partial charge in [-0.25, -0.2) is 0 Å². The number of unbranched alkanes of at least 4 members (excludes halogenated alkanes) is 18. The van der Waals surface area contributed by atoms with Crippen molar-refractivity contribution in [3.63, 3.8) is 0 Å². The molecular weight excluding hydrogens is 546 g/mol. The number of hydrogen-bond acceptors (Lipinski definition) is 4. The summed E-state index contributed by atoms with van der Waals surface area (Å²) in [5.74, 6) is -0.525. The van der Waals surface area contributed by atoms with Crippen molar-refractivity contribution < 1.29 is 20.1 Å². The quantitative estimate of drug-likeness (QED) is 0.0447. The molecule has 0 aliphatic rings. The topological polar surface area (TPSA) is 89.8 Å². The number of aliphatic hydroxyl groups excluding tert-OH is 3.